The molecule has 3 rings (SSSR count). The highest BCUT2D eigenvalue weighted by molar-refractivity contribution is 6.35. The Morgan fingerprint density at radius 2 is 2.05 bits per heavy atom. The van der Waals surface area contributed by atoms with Crippen LogP contribution < -0.4 is 0 Å². The number of aromatic nitrogens is 2. The van der Waals surface area contributed by atoms with Gasteiger partial charge in [-0.15, -0.1) is 0 Å². The highest BCUT2D eigenvalue weighted by atomic mass is 35.5. The summed E-state index contributed by atoms with van der Waals surface area (Å²) in [5.41, 5.74) is 2.50. The molecule has 0 amide bonds. The van der Waals surface area contributed by atoms with Crippen LogP contribution in [0.25, 0.3) is 22.8 Å². The topological polar surface area (TPSA) is 41.8 Å². The Kier molecular flexibility index (Phi) is 3.09. The fourth-order valence-corrected chi connectivity index (χ4v) is 2.31. The summed E-state index contributed by atoms with van der Waals surface area (Å²) in [7, 11) is 0. The molecular formula is C14H10Cl2N2O. The normalized spacial score (nSPS) is 10.9. The predicted molar refractivity (Wildman–Crippen MR) is 76.5 cm³/mol. The lowest BCUT2D eigenvalue weighted by Gasteiger charge is -2.02. The van der Waals surface area contributed by atoms with Crippen LogP contribution in [0.5, 0.6) is 0 Å². The van der Waals surface area contributed by atoms with E-state index in [4.69, 9.17) is 27.6 Å². The molecule has 0 aliphatic carbocycles. The van der Waals surface area contributed by atoms with Crippen LogP contribution in [0.4, 0.5) is 0 Å². The Bertz CT molecular complexity index is 717. The summed E-state index contributed by atoms with van der Waals surface area (Å²) in [5, 5.41) is 1.24. The van der Waals surface area contributed by atoms with Gasteiger partial charge in [0.1, 0.15) is 0 Å². The number of hydrogen-bond donors (Lipinski definition) is 1. The van der Waals surface area contributed by atoms with Crippen molar-refractivity contribution in [2.45, 2.75) is 6.92 Å². The van der Waals surface area contributed by atoms with Crippen LogP contribution >= 0.6 is 23.2 Å². The molecule has 96 valence electrons. The number of rotatable bonds is 2. The molecular weight excluding hydrogens is 283 g/mol. The molecule has 0 aliphatic heterocycles. The zero-order valence-corrected chi connectivity index (χ0v) is 11.6. The monoisotopic (exact) mass is 292 g/mol. The summed E-state index contributed by atoms with van der Waals surface area (Å²) in [5.74, 6) is 1.36. The Balaban J connectivity index is 2.13. The molecule has 3 nitrogen and oxygen atoms in total. The van der Waals surface area contributed by atoms with E-state index in [1.54, 1.807) is 24.5 Å². The summed E-state index contributed by atoms with van der Waals surface area (Å²) >= 11 is 12.2. The number of aromatic amines is 1. The third kappa shape index (κ3) is 2.27. The molecule has 0 saturated carbocycles. The third-order valence-electron chi connectivity index (χ3n) is 2.82. The first-order valence-corrected chi connectivity index (χ1v) is 6.46. The second-order valence-corrected chi connectivity index (χ2v) is 5.00. The van der Waals surface area contributed by atoms with E-state index in [0.717, 1.165) is 17.0 Å². The van der Waals surface area contributed by atoms with Crippen LogP contribution in [0.1, 0.15) is 5.69 Å². The maximum absolute atomic E-state index is 6.20. The summed E-state index contributed by atoms with van der Waals surface area (Å²) < 4.78 is 5.32. The van der Waals surface area contributed by atoms with Crippen molar-refractivity contribution in [3.05, 3.63) is 52.3 Å². The molecule has 0 radical (unpaired) electrons. The van der Waals surface area contributed by atoms with Gasteiger partial charge in [-0.1, -0.05) is 23.2 Å². The van der Waals surface area contributed by atoms with Gasteiger partial charge in [0.2, 0.25) is 0 Å². The standard InChI is InChI=1S/C14H10Cl2N2O/c1-8-13(10-7-9(15)4-5-11(10)16)18-14(17-8)12-3-2-6-19-12/h2-7H,1H3,(H,17,18). The molecule has 1 aromatic carbocycles. The average Bonchev–Trinajstić information content (AvgIpc) is 3.01. The number of hydrogen-bond acceptors (Lipinski definition) is 2. The van der Waals surface area contributed by atoms with Gasteiger partial charge in [0, 0.05) is 16.3 Å². The van der Waals surface area contributed by atoms with E-state index >= 15 is 0 Å². The number of nitrogens with one attached hydrogen (secondary N) is 1. The van der Waals surface area contributed by atoms with Gasteiger partial charge in [-0.25, -0.2) is 4.98 Å². The van der Waals surface area contributed by atoms with E-state index in [2.05, 4.69) is 9.97 Å². The van der Waals surface area contributed by atoms with Gasteiger partial charge >= 0.3 is 0 Å². The summed E-state index contributed by atoms with van der Waals surface area (Å²) in [6.45, 7) is 1.94. The smallest absolute Gasteiger partial charge is 0.174 e. The van der Waals surface area contributed by atoms with Crippen molar-refractivity contribution in [3.8, 4) is 22.8 Å². The molecule has 0 spiro atoms. The maximum Gasteiger partial charge on any atom is 0.174 e. The highest BCUT2D eigenvalue weighted by Crippen LogP contribution is 2.32. The Hall–Kier alpha value is -1.71. The van der Waals surface area contributed by atoms with Crippen LogP contribution in [0.15, 0.2) is 41.0 Å². The van der Waals surface area contributed by atoms with Gasteiger partial charge in [-0.2, -0.15) is 0 Å². The second-order valence-electron chi connectivity index (χ2n) is 4.16. The maximum atomic E-state index is 6.20. The van der Waals surface area contributed by atoms with E-state index in [1.807, 2.05) is 19.1 Å². The van der Waals surface area contributed by atoms with Gasteiger partial charge < -0.3 is 9.40 Å². The van der Waals surface area contributed by atoms with E-state index < -0.39 is 0 Å². The van der Waals surface area contributed by atoms with E-state index in [0.29, 0.717) is 21.6 Å². The van der Waals surface area contributed by atoms with Crippen LogP contribution in [0.2, 0.25) is 10.0 Å². The summed E-state index contributed by atoms with van der Waals surface area (Å²) in [6.07, 6.45) is 1.61. The number of imidazole rings is 1. The summed E-state index contributed by atoms with van der Waals surface area (Å²) in [6, 6.07) is 8.99. The van der Waals surface area contributed by atoms with Crippen molar-refractivity contribution < 1.29 is 4.42 Å². The molecule has 0 fully saturated rings. The van der Waals surface area contributed by atoms with Crippen molar-refractivity contribution in [1.29, 1.82) is 0 Å². The number of furan rings is 1. The van der Waals surface area contributed by atoms with Crippen LogP contribution in [0, 0.1) is 6.92 Å². The lowest BCUT2D eigenvalue weighted by molar-refractivity contribution is 0.578. The minimum absolute atomic E-state index is 0.616. The SMILES string of the molecule is Cc1[nH]c(-c2ccco2)nc1-c1cc(Cl)ccc1Cl. The molecule has 5 heteroatoms. The number of halogens is 2. The minimum Gasteiger partial charge on any atom is -0.461 e. The first kappa shape index (κ1) is 12.3. The first-order valence-electron chi connectivity index (χ1n) is 5.71. The van der Waals surface area contributed by atoms with Crippen molar-refractivity contribution in [2.75, 3.05) is 0 Å². The Labute approximate surface area is 120 Å². The zero-order chi connectivity index (χ0) is 13.4. The second kappa shape index (κ2) is 4.76. The number of nitrogens with zero attached hydrogens (tertiary/aromatic N) is 1. The van der Waals surface area contributed by atoms with Gasteiger partial charge in [0.15, 0.2) is 11.6 Å². The van der Waals surface area contributed by atoms with Crippen molar-refractivity contribution in [2.24, 2.45) is 0 Å². The van der Waals surface area contributed by atoms with Crippen molar-refractivity contribution in [1.82, 2.24) is 9.97 Å². The lowest BCUT2D eigenvalue weighted by Crippen LogP contribution is -1.83. The summed E-state index contributed by atoms with van der Waals surface area (Å²) in [4.78, 5) is 7.72. The van der Waals surface area contributed by atoms with Gasteiger partial charge in [0.05, 0.1) is 17.0 Å². The number of aryl methyl sites for hydroxylation is 1. The van der Waals surface area contributed by atoms with Gasteiger partial charge in [-0.3, -0.25) is 0 Å². The van der Waals surface area contributed by atoms with E-state index in [9.17, 15) is 0 Å². The lowest BCUT2D eigenvalue weighted by atomic mass is 10.1. The largest absolute Gasteiger partial charge is 0.461 e. The van der Waals surface area contributed by atoms with E-state index in [-0.39, 0.29) is 0 Å². The molecule has 2 aromatic heterocycles. The molecule has 0 atom stereocenters. The zero-order valence-electron chi connectivity index (χ0n) is 10.1. The van der Waals surface area contributed by atoms with E-state index in [1.165, 1.54) is 0 Å². The average molecular weight is 293 g/mol. The molecule has 0 bridgehead atoms. The molecule has 0 unspecified atom stereocenters. The quantitative estimate of drug-likeness (QED) is 0.726. The van der Waals surface area contributed by atoms with Crippen LogP contribution in [-0.2, 0) is 0 Å². The molecule has 2 heterocycles. The molecule has 0 aliphatic rings. The number of H-pyrrole nitrogens is 1. The Morgan fingerprint density at radius 1 is 1.21 bits per heavy atom. The molecule has 19 heavy (non-hydrogen) atoms. The molecule has 3 aromatic rings. The number of benzene rings is 1. The van der Waals surface area contributed by atoms with Crippen molar-refractivity contribution in [3.63, 3.8) is 0 Å². The van der Waals surface area contributed by atoms with Crippen LogP contribution in [0.3, 0.4) is 0 Å². The molecule has 0 saturated heterocycles. The highest BCUT2D eigenvalue weighted by Gasteiger charge is 2.14. The van der Waals surface area contributed by atoms with Crippen molar-refractivity contribution >= 4 is 23.2 Å². The van der Waals surface area contributed by atoms with Gasteiger partial charge in [0.25, 0.3) is 0 Å². The Morgan fingerprint density at radius 3 is 2.79 bits per heavy atom. The van der Waals surface area contributed by atoms with Gasteiger partial charge in [-0.05, 0) is 37.3 Å². The third-order valence-corrected chi connectivity index (χ3v) is 3.39. The molecule has 1 N–H and O–H groups in total. The van der Waals surface area contributed by atoms with Crippen LogP contribution in [-0.4, -0.2) is 9.97 Å². The fraction of sp³-hybridized carbons (Fsp3) is 0.0714. The predicted octanol–water partition coefficient (Wildman–Crippen LogP) is 4.95. The minimum atomic E-state index is 0.616. The first-order chi connectivity index (χ1) is 9.15. The fourth-order valence-electron chi connectivity index (χ4n) is 1.93.